The van der Waals surface area contributed by atoms with Crippen molar-refractivity contribution in [2.75, 3.05) is 5.32 Å². The fourth-order valence-corrected chi connectivity index (χ4v) is 3.06. The number of aryl methyl sites for hydroxylation is 1. The molecule has 7 heteroatoms. The van der Waals surface area contributed by atoms with Gasteiger partial charge in [-0.3, -0.25) is 14.8 Å². The fraction of sp³-hybridized carbons (Fsp3) is 0.0833. The third-order valence-corrected chi connectivity index (χ3v) is 3.94. The van der Waals surface area contributed by atoms with Crippen LogP contribution in [0.15, 0.2) is 34.9 Å². The minimum atomic E-state index is -0.251. The molecule has 0 atom stereocenters. The SMILES string of the molecule is Cn1ccc(C(=O)Nc2nc3ccc(Br)cc3s2)n1. The number of halogens is 1. The average Bonchev–Trinajstić information content (AvgIpc) is 2.94. The van der Waals surface area contributed by atoms with E-state index in [0.717, 1.165) is 14.7 Å². The number of hydrogen-bond donors (Lipinski definition) is 1. The van der Waals surface area contributed by atoms with Gasteiger partial charge in [-0.05, 0) is 24.3 Å². The number of amides is 1. The van der Waals surface area contributed by atoms with Crippen molar-refractivity contribution in [2.24, 2.45) is 7.05 Å². The van der Waals surface area contributed by atoms with E-state index in [2.05, 4.69) is 31.3 Å². The lowest BCUT2D eigenvalue weighted by Gasteiger charge is -1.96. The van der Waals surface area contributed by atoms with Gasteiger partial charge in [0.05, 0.1) is 10.2 Å². The van der Waals surface area contributed by atoms with Gasteiger partial charge in [0.25, 0.3) is 5.91 Å². The van der Waals surface area contributed by atoms with Gasteiger partial charge in [0.15, 0.2) is 10.8 Å². The number of fused-ring (bicyclic) bond motifs is 1. The van der Waals surface area contributed by atoms with E-state index in [0.29, 0.717) is 10.8 Å². The Labute approximate surface area is 121 Å². The first-order valence-corrected chi connectivity index (χ1v) is 7.10. The Morgan fingerprint density at radius 1 is 1.42 bits per heavy atom. The Morgan fingerprint density at radius 3 is 3.00 bits per heavy atom. The van der Waals surface area contributed by atoms with Gasteiger partial charge >= 0.3 is 0 Å². The van der Waals surface area contributed by atoms with Crippen LogP contribution in [0.4, 0.5) is 5.13 Å². The fourth-order valence-electron chi connectivity index (χ4n) is 1.65. The molecule has 2 aromatic heterocycles. The van der Waals surface area contributed by atoms with Gasteiger partial charge in [0, 0.05) is 17.7 Å². The lowest BCUT2D eigenvalue weighted by atomic mass is 10.3. The van der Waals surface area contributed by atoms with Crippen molar-refractivity contribution < 1.29 is 4.79 Å². The normalized spacial score (nSPS) is 10.8. The van der Waals surface area contributed by atoms with Crippen molar-refractivity contribution in [3.05, 3.63) is 40.6 Å². The summed E-state index contributed by atoms with van der Waals surface area (Å²) in [4.78, 5) is 16.3. The van der Waals surface area contributed by atoms with Crippen molar-refractivity contribution >= 4 is 48.5 Å². The molecule has 0 aliphatic carbocycles. The summed E-state index contributed by atoms with van der Waals surface area (Å²) in [5.74, 6) is -0.251. The predicted molar refractivity (Wildman–Crippen MR) is 78.5 cm³/mol. The standard InChI is InChI=1S/C12H9BrN4OS/c1-17-5-4-9(16-17)11(18)15-12-14-8-3-2-7(13)6-10(8)19-12/h2-6H,1H3,(H,14,15,18). The highest BCUT2D eigenvalue weighted by Crippen LogP contribution is 2.28. The summed E-state index contributed by atoms with van der Waals surface area (Å²) in [6, 6.07) is 7.47. The number of carbonyl (C=O) groups is 1. The zero-order valence-corrected chi connectivity index (χ0v) is 12.3. The van der Waals surface area contributed by atoms with E-state index < -0.39 is 0 Å². The maximum Gasteiger partial charge on any atom is 0.277 e. The highest BCUT2D eigenvalue weighted by Gasteiger charge is 2.12. The topological polar surface area (TPSA) is 59.8 Å². The molecule has 0 fully saturated rings. The summed E-state index contributed by atoms with van der Waals surface area (Å²) in [7, 11) is 1.77. The van der Waals surface area contributed by atoms with Gasteiger partial charge in [0.2, 0.25) is 0 Å². The molecule has 5 nitrogen and oxygen atoms in total. The van der Waals surface area contributed by atoms with E-state index in [1.165, 1.54) is 11.3 Å². The first-order valence-electron chi connectivity index (χ1n) is 5.49. The van der Waals surface area contributed by atoms with E-state index >= 15 is 0 Å². The monoisotopic (exact) mass is 336 g/mol. The third kappa shape index (κ3) is 2.52. The predicted octanol–water partition coefficient (Wildman–Crippen LogP) is 3.04. The van der Waals surface area contributed by atoms with Gasteiger partial charge in [-0.25, -0.2) is 4.98 Å². The molecule has 96 valence electrons. The molecule has 0 radical (unpaired) electrons. The van der Waals surface area contributed by atoms with Crippen LogP contribution >= 0.6 is 27.3 Å². The van der Waals surface area contributed by atoms with Crippen LogP contribution in [0.25, 0.3) is 10.2 Å². The average molecular weight is 337 g/mol. The molecule has 3 aromatic rings. The van der Waals surface area contributed by atoms with Crippen molar-refractivity contribution in [1.29, 1.82) is 0 Å². The molecule has 3 rings (SSSR count). The Morgan fingerprint density at radius 2 is 2.26 bits per heavy atom. The quantitative estimate of drug-likeness (QED) is 0.782. The summed E-state index contributed by atoms with van der Waals surface area (Å²) >= 11 is 4.84. The van der Waals surface area contributed by atoms with Crippen molar-refractivity contribution in [1.82, 2.24) is 14.8 Å². The lowest BCUT2D eigenvalue weighted by Crippen LogP contribution is -2.12. The highest BCUT2D eigenvalue weighted by atomic mass is 79.9. The first-order chi connectivity index (χ1) is 9.11. The Hall–Kier alpha value is -1.73. The van der Waals surface area contributed by atoms with Crippen molar-refractivity contribution in [2.45, 2.75) is 0 Å². The zero-order valence-electron chi connectivity index (χ0n) is 9.92. The molecular formula is C12H9BrN4OS. The number of nitrogens with one attached hydrogen (secondary N) is 1. The number of aromatic nitrogens is 3. The minimum absolute atomic E-state index is 0.251. The molecule has 0 saturated heterocycles. The Balaban J connectivity index is 1.87. The number of nitrogens with zero attached hydrogens (tertiary/aromatic N) is 3. The maximum atomic E-state index is 11.9. The van der Waals surface area contributed by atoms with Gasteiger partial charge in [0.1, 0.15) is 0 Å². The van der Waals surface area contributed by atoms with Gasteiger partial charge in [-0.2, -0.15) is 5.10 Å². The molecule has 0 aliphatic heterocycles. The molecule has 1 aromatic carbocycles. The van der Waals surface area contributed by atoms with Crippen LogP contribution in [0.2, 0.25) is 0 Å². The van der Waals surface area contributed by atoms with Crippen LogP contribution in [0, 0.1) is 0 Å². The minimum Gasteiger partial charge on any atom is -0.296 e. The Bertz CT molecular complexity index is 764. The number of rotatable bonds is 2. The van der Waals surface area contributed by atoms with E-state index in [1.807, 2.05) is 18.2 Å². The smallest absolute Gasteiger partial charge is 0.277 e. The second-order valence-corrected chi connectivity index (χ2v) is 5.91. The summed E-state index contributed by atoms with van der Waals surface area (Å²) in [5.41, 5.74) is 1.24. The summed E-state index contributed by atoms with van der Waals surface area (Å²) in [6.07, 6.45) is 1.73. The van der Waals surface area contributed by atoms with Crippen LogP contribution in [0.3, 0.4) is 0 Å². The lowest BCUT2D eigenvalue weighted by molar-refractivity contribution is 0.102. The summed E-state index contributed by atoms with van der Waals surface area (Å²) in [5, 5.41) is 7.38. The molecule has 0 saturated carbocycles. The number of benzene rings is 1. The van der Waals surface area contributed by atoms with Gasteiger partial charge in [-0.15, -0.1) is 0 Å². The maximum absolute atomic E-state index is 11.9. The van der Waals surface area contributed by atoms with Crippen LogP contribution in [-0.2, 0) is 7.05 Å². The Kier molecular flexibility index (Phi) is 3.08. The third-order valence-electron chi connectivity index (χ3n) is 2.52. The molecule has 1 amide bonds. The number of hydrogen-bond acceptors (Lipinski definition) is 4. The van der Waals surface area contributed by atoms with Crippen LogP contribution in [-0.4, -0.2) is 20.7 Å². The van der Waals surface area contributed by atoms with Crippen LogP contribution in [0.5, 0.6) is 0 Å². The first kappa shape index (κ1) is 12.3. The van der Waals surface area contributed by atoms with Crippen LogP contribution in [0.1, 0.15) is 10.5 Å². The van der Waals surface area contributed by atoms with Crippen LogP contribution < -0.4 is 5.32 Å². The number of carbonyl (C=O) groups excluding carboxylic acids is 1. The molecule has 0 bridgehead atoms. The van der Waals surface area contributed by atoms with Crippen molar-refractivity contribution in [3.8, 4) is 0 Å². The molecule has 1 N–H and O–H groups in total. The zero-order chi connectivity index (χ0) is 13.4. The molecule has 19 heavy (non-hydrogen) atoms. The second-order valence-electron chi connectivity index (χ2n) is 3.96. The highest BCUT2D eigenvalue weighted by molar-refractivity contribution is 9.10. The molecule has 0 unspecified atom stereocenters. The number of thiazole rings is 1. The van der Waals surface area contributed by atoms with E-state index in [-0.39, 0.29) is 5.91 Å². The molecule has 2 heterocycles. The van der Waals surface area contributed by atoms with Crippen molar-refractivity contribution in [3.63, 3.8) is 0 Å². The largest absolute Gasteiger partial charge is 0.296 e. The van der Waals surface area contributed by atoms with E-state index in [1.54, 1.807) is 24.0 Å². The molecule has 0 spiro atoms. The molecule has 0 aliphatic rings. The second kappa shape index (κ2) is 4.75. The summed E-state index contributed by atoms with van der Waals surface area (Å²) in [6.45, 7) is 0. The summed E-state index contributed by atoms with van der Waals surface area (Å²) < 4.78 is 3.60. The van der Waals surface area contributed by atoms with E-state index in [4.69, 9.17) is 0 Å². The van der Waals surface area contributed by atoms with E-state index in [9.17, 15) is 4.79 Å². The van der Waals surface area contributed by atoms with Gasteiger partial charge in [-0.1, -0.05) is 27.3 Å². The number of anilines is 1. The molecular weight excluding hydrogens is 328 g/mol. The van der Waals surface area contributed by atoms with Gasteiger partial charge < -0.3 is 0 Å².